The van der Waals surface area contributed by atoms with Gasteiger partial charge in [0.25, 0.3) is 5.91 Å². The molecule has 0 bridgehead atoms. The molecule has 0 atom stereocenters. The quantitative estimate of drug-likeness (QED) is 0.816. The van der Waals surface area contributed by atoms with Crippen molar-refractivity contribution in [2.45, 2.75) is 6.18 Å². The molecule has 2 rings (SSSR count). The van der Waals surface area contributed by atoms with Crippen molar-refractivity contribution in [3.05, 3.63) is 16.1 Å². The van der Waals surface area contributed by atoms with Gasteiger partial charge >= 0.3 is 6.18 Å². The summed E-state index contributed by atoms with van der Waals surface area (Å²) in [7, 11) is 3.58. The van der Waals surface area contributed by atoms with E-state index in [0.717, 1.165) is 5.38 Å². The Hall–Kier alpha value is -1.68. The van der Waals surface area contributed by atoms with Gasteiger partial charge in [0.2, 0.25) is 5.91 Å². The smallest absolute Gasteiger partial charge is 0.338 e. The lowest BCUT2D eigenvalue weighted by atomic mass is 10.2. The Morgan fingerprint density at radius 3 is 2.26 bits per heavy atom. The van der Waals surface area contributed by atoms with Gasteiger partial charge in [0, 0.05) is 31.6 Å². The van der Waals surface area contributed by atoms with Crippen molar-refractivity contribution in [1.29, 1.82) is 0 Å². The van der Waals surface area contributed by atoms with E-state index >= 15 is 0 Å². The summed E-state index contributed by atoms with van der Waals surface area (Å²) in [6.45, 7) is 1.60. The molecule has 0 saturated carbocycles. The van der Waals surface area contributed by atoms with Crippen molar-refractivity contribution in [3.8, 4) is 0 Å². The molecule has 1 fully saturated rings. The monoisotopic (exact) mass is 350 g/mol. The van der Waals surface area contributed by atoms with Gasteiger partial charge in [-0.2, -0.15) is 13.2 Å². The van der Waals surface area contributed by atoms with E-state index in [0.29, 0.717) is 24.4 Å². The minimum atomic E-state index is -4.54. The molecule has 0 aliphatic carbocycles. The second-order valence-corrected chi connectivity index (χ2v) is 6.30. The van der Waals surface area contributed by atoms with Gasteiger partial charge in [-0.15, -0.1) is 11.3 Å². The fraction of sp³-hybridized carbons (Fsp3) is 0.615. The lowest BCUT2D eigenvalue weighted by Gasteiger charge is -2.35. The third-order valence-electron chi connectivity index (χ3n) is 3.34. The molecule has 0 aromatic carbocycles. The summed E-state index contributed by atoms with van der Waals surface area (Å²) in [6.07, 6.45) is -4.54. The zero-order valence-electron chi connectivity index (χ0n) is 12.8. The number of nitrogens with zero attached hydrogens (tertiary/aromatic N) is 4. The first-order valence-electron chi connectivity index (χ1n) is 6.93. The maximum atomic E-state index is 12.5. The van der Waals surface area contributed by atoms with Crippen LogP contribution in [0, 0.1) is 0 Å². The molecule has 2 heterocycles. The summed E-state index contributed by atoms with van der Waals surface area (Å²) < 4.78 is 37.6. The minimum Gasteiger partial charge on any atom is -0.338 e. The first-order chi connectivity index (χ1) is 10.7. The van der Waals surface area contributed by atoms with Gasteiger partial charge in [-0.25, -0.2) is 4.98 Å². The van der Waals surface area contributed by atoms with Gasteiger partial charge in [-0.05, 0) is 14.1 Å². The molecular formula is C13H17F3N4O2S. The Kier molecular flexibility index (Phi) is 5.25. The van der Waals surface area contributed by atoms with E-state index in [1.54, 1.807) is 23.9 Å². The Bertz CT molecular complexity index is 580. The highest BCUT2D eigenvalue weighted by molar-refractivity contribution is 7.09. The molecule has 10 heteroatoms. The summed E-state index contributed by atoms with van der Waals surface area (Å²) in [4.78, 5) is 32.3. The number of likely N-dealkylation sites (N-methyl/N-ethyl adjacent to an activating group) is 1. The Morgan fingerprint density at radius 1 is 1.22 bits per heavy atom. The van der Waals surface area contributed by atoms with Gasteiger partial charge in [0.05, 0.1) is 6.54 Å². The summed E-state index contributed by atoms with van der Waals surface area (Å²) >= 11 is 0.407. The standard InChI is InChI=1S/C13H17F3N4O2S/c1-18(2)7-10(21)19-3-5-20(6-4-19)11(22)9-8-23-12(17-9)13(14,15)16/h8H,3-7H2,1-2H3. The number of rotatable bonds is 3. The summed E-state index contributed by atoms with van der Waals surface area (Å²) in [5.41, 5.74) is -0.199. The van der Waals surface area contributed by atoms with E-state index in [1.165, 1.54) is 4.90 Å². The van der Waals surface area contributed by atoms with Crippen LogP contribution in [0.1, 0.15) is 15.5 Å². The third kappa shape index (κ3) is 4.41. The Balaban J connectivity index is 1.93. The van der Waals surface area contributed by atoms with E-state index in [1.807, 2.05) is 0 Å². The van der Waals surface area contributed by atoms with Crippen LogP contribution in [0.25, 0.3) is 0 Å². The molecule has 0 radical (unpaired) electrons. The van der Waals surface area contributed by atoms with Gasteiger partial charge in [-0.1, -0.05) is 0 Å². The van der Waals surface area contributed by atoms with Crippen molar-refractivity contribution in [2.75, 3.05) is 46.8 Å². The summed E-state index contributed by atoms with van der Waals surface area (Å²) in [5.74, 6) is -0.563. The number of hydrogen-bond donors (Lipinski definition) is 0. The van der Waals surface area contributed by atoms with Crippen LogP contribution in [0.5, 0.6) is 0 Å². The normalized spacial score (nSPS) is 16.1. The average Bonchev–Trinajstić information content (AvgIpc) is 2.96. The molecule has 23 heavy (non-hydrogen) atoms. The highest BCUT2D eigenvalue weighted by Crippen LogP contribution is 2.31. The number of carbonyl (C=O) groups is 2. The lowest BCUT2D eigenvalue weighted by molar-refractivity contribution is -0.137. The second-order valence-electron chi connectivity index (χ2n) is 5.45. The van der Waals surface area contributed by atoms with Crippen LogP contribution >= 0.6 is 11.3 Å². The Labute approximate surface area is 135 Å². The molecule has 0 N–H and O–H groups in total. The average molecular weight is 350 g/mol. The molecule has 1 aliphatic heterocycles. The lowest BCUT2D eigenvalue weighted by Crippen LogP contribution is -2.52. The minimum absolute atomic E-state index is 0.0323. The van der Waals surface area contributed by atoms with Gasteiger partial charge < -0.3 is 14.7 Å². The molecular weight excluding hydrogens is 333 g/mol. The van der Waals surface area contributed by atoms with Crippen molar-refractivity contribution in [3.63, 3.8) is 0 Å². The van der Waals surface area contributed by atoms with Crippen molar-refractivity contribution in [1.82, 2.24) is 19.7 Å². The van der Waals surface area contributed by atoms with Crippen LogP contribution in [0.15, 0.2) is 5.38 Å². The zero-order valence-corrected chi connectivity index (χ0v) is 13.6. The van der Waals surface area contributed by atoms with E-state index < -0.39 is 17.1 Å². The van der Waals surface area contributed by atoms with Crippen molar-refractivity contribution < 1.29 is 22.8 Å². The number of thiazole rings is 1. The van der Waals surface area contributed by atoms with Crippen LogP contribution in [0.4, 0.5) is 13.2 Å². The number of alkyl halides is 3. The fourth-order valence-electron chi connectivity index (χ4n) is 2.19. The largest absolute Gasteiger partial charge is 0.443 e. The van der Waals surface area contributed by atoms with E-state index in [2.05, 4.69) is 4.98 Å². The van der Waals surface area contributed by atoms with Crippen LogP contribution in [0.2, 0.25) is 0 Å². The summed E-state index contributed by atoms with van der Waals surface area (Å²) in [5, 5.41) is 0.0926. The number of hydrogen-bond acceptors (Lipinski definition) is 5. The number of amides is 2. The first-order valence-corrected chi connectivity index (χ1v) is 7.81. The van der Waals surface area contributed by atoms with Crippen molar-refractivity contribution >= 4 is 23.2 Å². The first kappa shape index (κ1) is 17.7. The molecule has 1 aliphatic rings. The predicted molar refractivity (Wildman–Crippen MR) is 78.2 cm³/mol. The molecule has 128 valence electrons. The molecule has 2 amide bonds. The zero-order chi connectivity index (χ0) is 17.2. The number of aromatic nitrogens is 1. The maximum absolute atomic E-state index is 12.5. The molecule has 1 aromatic rings. The molecule has 0 unspecified atom stereocenters. The van der Waals surface area contributed by atoms with E-state index in [-0.39, 0.29) is 31.2 Å². The third-order valence-corrected chi connectivity index (χ3v) is 4.22. The highest BCUT2D eigenvalue weighted by atomic mass is 32.1. The molecule has 0 spiro atoms. The van der Waals surface area contributed by atoms with Crippen LogP contribution < -0.4 is 0 Å². The highest BCUT2D eigenvalue weighted by Gasteiger charge is 2.36. The van der Waals surface area contributed by atoms with Crippen molar-refractivity contribution in [2.24, 2.45) is 0 Å². The van der Waals surface area contributed by atoms with E-state index in [9.17, 15) is 22.8 Å². The summed E-state index contributed by atoms with van der Waals surface area (Å²) in [6, 6.07) is 0. The maximum Gasteiger partial charge on any atom is 0.443 e. The van der Waals surface area contributed by atoms with E-state index in [4.69, 9.17) is 0 Å². The topological polar surface area (TPSA) is 56.8 Å². The second kappa shape index (κ2) is 6.83. The van der Waals surface area contributed by atoms with Crippen LogP contribution in [-0.4, -0.2) is 78.3 Å². The number of piperazine rings is 1. The van der Waals surface area contributed by atoms with Gasteiger partial charge in [0.15, 0.2) is 5.01 Å². The number of halogens is 3. The van der Waals surface area contributed by atoms with Crippen LogP contribution in [0.3, 0.4) is 0 Å². The Morgan fingerprint density at radius 2 is 1.78 bits per heavy atom. The molecule has 6 nitrogen and oxygen atoms in total. The SMILES string of the molecule is CN(C)CC(=O)N1CCN(C(=O)c2csc(C(F)(F)F)n2)CC1. The predicted octanol–water partition coefficient (Wildman–Crippen LogP) is 1.01. The fourth-order valence-corrected chi connectivity index (χ4v) is 2.86. The van der Waals surface area contributed by atoms with Gasteiger partial charge in [0.1, 0.15) is 5.69 Å². The molecule has 1 saturated heterocycles. The van der Waals surface area contributed by atoms with Crippen LogP contribution in [-0.2, 0) is 11.0 Å². The molecule has 1 aromatic heterocycles. The number of carbonyl (C=O) groups excluding carboxylic acids is 2. The van der Waals surface area contributed by atoms with Gasteiger partial charge in [-0.3, -0.25) is 9.59 Å².